The molecule has 2 atom stereocenters. The minimum atomic E-state index is -0.197. The Morgan fingerprint density at radius 2 is 1.94 bits per heavy atom. The monoisotopic (exact) mass is 268 g/mol. The van der Waals surface area contributed by atoms with Crippen molar-refractivity contribution in [2.75, 3.05) is 0 Å². The van der Waals surface area contributed by atoms with E-state index in [4.69, 9.17) is 17.3 Å². The Labute approximate surface area is 112 Å². The molecule has 0 spiro atoms. The molecule has 4 heteroatoms. The summed E-state index contributed by atoms with van der Waals surface area (Å²) >= 11 is 6.10. The van der Waals surface area contributed by atoms with Gasteiger partial charge in [0.25, 0.3) is 0 Å². The first-order valence-electron chi connectivity index (χ1n) is 6.59. The van der Waals surface area contributed by atoms with Crippen LogP contribution < -0.4 is 5.73 Å². The lowest BCUT2D eigenvalue weighted by atomic mass is 9.97. The predicted octanol–water partition coefficient (Wildman–Crippen LogP) is 2.93. The van der Waals surface area contributed by atoms with E-state index in [1.807, 2.05) is 0 Å². The maximum atomic E-state index is 13.8. The van der Waals surface area contributed by atoms with Gasteiger partial charge in [-0.2, -0.15) is 0 Å². The van der Waals surface area contributed by atoms with Gasteiger partial charge in [-0.05, 0) is 37.8 Å². The third kappa shape index (κ3) is 2.15. The fourth-order valence-corrected chi connectivity index (χ4v) is 3.66. The zero-order chi connectivity index (χ0) is 12.7. The van der Waals surface area contributed by atoms with E-state index >= 15 is 0 Å². The average Bonchev–Trinajstić information content (AvgIpc) is 2.56. The van der Waals surface area contributed by atoms with Crippen LogP contribution in [0.5, 0.6) is 0 Å². The van der Waals surface area contributed by atoms with Crippen LogP contribution in [0.2, 0.25) is 5.02 Å². The number of hydrogen-bond donors (Lipinski definition) is 1. The molecular formula is C14H18ClFN2. The van der Waals surface area contributed by atoms with Crippen LogP contribution in [0, 0.1) is 5.82 Å². The number of rotatable bonds is 2. The molecule has 2 N–H and O–H groups in total. The summed E-state index contributed by atoms with van der Waals surface area (Å²) in [5, 5.41) is 0.532. The molecule has 2 aliphatic rings. The third-order valence-corrected chi connectivity index (χ3v) is 4.68. The van der Waals surface area contributed by atoms with Crippen molar-refractivity contribution in [3.63, 3.8) is 0 Å². The van der Waals surface area contributed by atoms with Crippen molar-refractivity contribution in [1.82, 2.24) is 4.90 Å². The first-order chi connectivity index (χ1) is 8.65. The highest BCUT2D eigenvalue weighted by molar-refractivity contribution is 6.31. The quantitative estimate of drug-likeness (QED) is 0.894. The number of nitrogens with two attached hydrogens (primary N) is 1. The average molecular weight is 269 g/mol. The molecular weight excluding hydrogens is 251 g/mol. The highest BCUT2D eigenvalue weighted by atomic mass is 35.5. The van der Waals surface area contributed by atoms with Gasteiger partial charge < -0.3 is 5.73 Å². The minimum Gasteiger partial charge on any atom is -0.328 e. The number of hydrogen-bond acceptors (Lipinski definition) is 2. The van der Waals surface area contributed by atoms with E-state index in [-0.39, 0.29) is 5.82 Å². The lowest BCUT2D eigenvalue weighted by Crippen LogP contribution is -2.46. The molecule has 2 heterocycles. The molecule has 0 amide bonds. The van der Waals surface area contributed by atoms with E-state index in [0.717, 1.165) is 12.8 Å². The molecule has 3 rings (SSSR count). The summed E-state index contributed by atoms with van der Waals surface area (Å²) in [5.41, 5.74) is 6.68. The molecule has 0 aromatic heterocycles. The van der Waals surface area contributed by atoms with Crippen molar-refractivity contribution in [3.05, 3.63) is 34.6 Å². The van der Waals surface area contributed by atoms with Gasteiger partial charge in [0.1, 0.15) is 5.82 Å². The van der Waals surface area contributed by atoms with Gasteiger partial charge in [-0.15, -0.1) is 0 Å². The summed E-state index contributed by atoms with van der Waals surface area (Å²) in [7, 11) is 0. The molecule has 0 aliphatic carbocycles. The standard InChI is InChI=1S/C14H18ClFN2/c15-13-2-1-3-14(16)12(13)8-18-10-4-5-11(18)7-9(17)6-10/h1-3,9-11H,4-8,17H2. The molecule has 0 radical (unpaired) electrons. The second kappa shape index (κ2) is 4.80. The lowest BCUT2D eigenvalue weighted by molar-refractivity contribution is 0.118. The number of halogens is 2. The molecule has 98 valence electrons. The Hall–Kier alpha value is -0.640. The summed E-state index contributed by atoms with van der Waals surface area (Å²) in [4.78, 5) is 2.40. The Morgan fingerprint density at radius 1 is 1.28 bits per heavy atom. The molecule has 2 aliphatic heterocycles. The minimum absolute atomic E-state index is 0.197. The van der Waals surface area contributed by atoms with Gasteiger partial charge in [-0.3, -0.25) is 4.90 Å². The Kier molecular flexibility index (Phi) is 3.31. The molecule has 2 saturated heterocycles. The van der Waals surface area contributed by atoms with Gasteiger partial charge >= 0.3 is 0 Å². The lowest BCUT2D eigenvalue weighted by Gasteiger charge is -2.37. The molecule has 2 unspecified atom stereocenters. The first kappa shape index (κ1) is 12.4. The van der Waals surface area contributed by atoms with Crippen molar-refractivity contribution in [3.8, 4) is 0 Å². The molecule has 0 saturated carbocycles. The van der Waals surface area contributed by atoms with E-state index in [9.17, 15) is 4.39 Å². The van der Waals surface area contributed by atoms with Crippen LogP contribution in [0.3, 0.4) is 0 Å². The van der Waals surface area contributed by atoms with Crippen LogP contribution in [0.25, 0.3) is 0 Å². The molecule has 1 aromatic carbocycles. The molecule has 18 heavy (non-hydrogen) atoms. The summed E-state index contributed by atoms with van der Waals surface area (Å²) in [6, 6.07) is 6.23. The molecule has 2 fully saturated rings. The van der Waals surface area contributed by atoms with E-state index in [2.05, 4.69) is 4.90 Å². The zero-order valence-corrected chi connectivity index (χ0v) is 11.0. The number of piperidine rings is 1. The smallest absolute Gasteiger partial charge is 0.129 e. The van der Waals surface area contributed by atoms with Crippen molar-refractivity contribution < 1.29 is 4.39 Å². The first-order valence-corrected chi connectivity index (χ1v) is 6.97. The van der Waals surface area contributed by atoms with Crippen LogP contribution in [-0.4, -0.2) is 23.0 Å². The van der Waals surface area contributed by atoms with Gasteiger partial charge in [-0.25, -0.2) is 4.39 Å². The van der Waals surface area contributed by atoms with E-state index in [0.29, 0.717) is 35.3 Å². The van der Waals surface area contributed by atoms with Crippen molar-refractivity contribution in [2.45, 2.75) is 50.4 Å². The van der Waals surface area contributed by atoms with Crippen LogP contribution in [0.15, 0.2) is 18.2 Å². The fraction of sp³-hybridized carbons (Fsp3) is 0.571. The van der Waals surface area contributed by atoms with Crippen molar-refractivity contribution in [2.24, 2.45) is 5.73 Å². The Balaban J connectivity index is 1.81. The van der Waals surface area contributed by atoms with Crippen LogP contribution >= 0.6 is 11.6 Å². The van der Waals surface area contributed by atoms with Crippen LogP contribution in [-0.2, 0) is 6.54 Å². The molecule has 2 nitrogen and oxygen atoms in total. The van der Waals surface area contributed by atoms with Crippen LogP contribution in [0.4, 0.5) is 4.39 Å². The van der Waals surface area contributed by atoms with Gasteiger partial charge in [-0.1, -0.05) is 17.7 Å². The summed E-state index contributed by atoms with van der Waals surface area (Å²) in [6.45, 7) is 0.619. The van der Waals surface area contributed by atoms with E-state index < -0.39 is 0 Å². The highest BCUT2D eigenvalue weighted by Gasteiger charge is 2.39. The van der Waals surface area contributed by atoms with Gasteiger partial charge in [0.05, 0.1) is 0 Å². The summed E-state index contributed by atoms with van der Waals surface area (Å²) < 4.78 is 13.8. The maximum Gasteiger partial charge on any atom is 0.129 e. The maximum absolute atomic E-state index is 13.8. The SMILES string of the molecule is NC1CC2CCC(C1)N2Cc1c(F)cccc1Cl. The predicted molar refractivity (Wildman–Crippen MR) is 71.0 cm³/mol. The summed E-state index contributed by atoms with van der Waals surface area (Å²) in [5.74, 6) is -0.197. The van der Waals surface area contributed by atoms with Crippen molar-refractivity contribution in [1.29, 1.82) is 0 Å². The van der Waals surface area contributed by atoms with Gasteiger partial charge in [0.15, 0.2) is 0 Å². The number of benzene rings is 1. The highest BCUT2D eigenvalue weighted by Crippen LogP contribution is 2.37. The number of fused-ring (bicyclic) bond motifs is 2. The van der Waals surface area contributed by atoms with Crippen LogP contribution in [0.1, 0.15) is 31.2 Å². The Bertz CT molecular complexity index is 417. The number of nitrogens with zero attached hydrogens (tertiary/aromatic N) is 1. The van der Waals surface area contributed by atoms with Gasteiger partial charge in [0, 0.05) is 35.3 Å². The van der Waals surface area contributed by atoms with Gasteiger partial charge in [0.2, 0.25) is 0 Å². The van der Waals surface area contributed by atoms with E-state index in [1.165, 1.54) is 18.9 Å². The largest absolute Gasteiger partial charge is 0.328 e. The zero-order valence-electron chi connectivity index (χ0n) is 10.3. The summed E-state index contributed by atoms with van der Waals surface area (Å²) in [6.07, 6.45) is 4.43. The topological polar surface area (TPSA) is 29.3 Å². The normalized spacial score (nSPS) is 31.8. The van der Waals surface area contributed by atoms with Crippen molar-refractivity contribution >= 4 is 11.6 Å². The molecule has 2 bridgehead atoms. The fourth-order valence-electron chi connectivity index (χ4n) is 3.44. The third-order valence-electron chi connectivity index (χ3n) is 4.32. The second-order valence-corrected chi connectivity index (χ2v) is 5.90. The van der Waals surface area contributed by atoms with E-state index in [1.54, 1.807) is 12.1 Å². The Morgan fingerprint density at radius 3 is 2.56 bits per heavy atom. The second-order valence-electron chi connectivity index (χ2n) is 5.49. The molecule has 1 aromatic rings.